The van der Waals surface area contributed by atoms with Gasteiger partial charge in [0.1, 0.15) is 18.1 Å². The van der Waals surface area contributed by atoms with Gasteiger partial charge in [0.05, 0.1) is 53.7 Å². The van der Waals surface area contributed by atoms with Crippen LogP contribution in [0, 0.1) is 5.92 Å². The Morgan fingerprint density at radius 3 is 2.53 bits per heavy atom. The summed E-state index contributed by atoms with van der Waals surface area (Å²) in [5.74, 6) is -0.146. The van der Waals surface area contributed by atoms with E-state index in [4.69, 9.17) is 25.5 Å². The minimum atomic E-state index is -0.317. The van der Waals surface area contributed by atoms with E-state index in [0.29, 0.717) is 35.0 Å². The number of rotatable bonds is 9. The van der Waals surface area contributed by atoms with Crippen LogP contribution in [0.2, 0.25) is 5.02 Å². The van der Waals surface area contributed by atoms with E-state index < -0.39 is 0 Å². The summed E-state index contributed by atoms with van der Waals surface area (Å²) in [7, 11) is 0. The molecular formula is C35H42ClN3O6. The van der Waals surface area contributed by atoms with Crippen molar-refractivity contribution in [3.05, 3.63) is 64.9 Å². The largest absolute Gasteiger partial charge is 0.463 e. The number of anilines is 1. The second-order valence-corrected chi connectivity index (χ2v) is 13.3. The highest BCUT2D eigenvalue weighted by Gasteiger charge is 2.40. The van der Waals surface area contributed by atoms with Crippen molar-refractivity contribution in [3.63, 3.8) is 0 Å². The molecule has 1 aromatic heterocycles. The zero-order valence-electron chi connectivity index (χ0n) is 26.0. The molecule has 45 heavy (non-hydrogen) atoms. The molecule has 2 aliphatic heterocycles. The predicted octanol–water partition coefficient (Wildman–Crippen LogP) is 5.73. The van der Waals surface area contributed by atoms with Crippen molar-refractivity contribution < 1.29 is 28.3 Å². The number of aldehydes is 1. The normalized spacial score (nSPS) is 27.5. The van der Waals surface area contributed by atoms with Crippen LogP contribution in [0.25, 0.3) is 11.0 Å². The van der Waals surface area contributed by atoms with E-state index in [1.807, 2.05) is 35.2 Å². The van der Waals surface area contributed by atoms with E-state index in [0.717, 1.165) is 62.4 Å². The Balaban J connectivity index is 1.11. The molecule has 0 spiro atoms. The molecule has 2 aromatic carbocycles. The number of fused-ring (bicyclic) bond motifs is 1. The minimum absolute atomic E-state index is 0.0291. The van der Waals surface area contributed by atoms with E-state index in [-0.39, 0.29) is 54.5 Å². The first kappa shape index (κ1) is 31.7. The summed E-state index contributed by atoms with van der Waals surface area (Å²) in [6.45, 7) is 7.02. The van der Waals surface area contributed by atoms with Crippen molar-refractivity contribution in [1.29, 1.82) is 0 Å². The molecular weight excluding hydrogens is 594 g/mol. The van der Waals surface area contributed by atoms with E-state index in [1.165, 1.54) is 6.26 Å². The number of benzene rings is 2. The number of hydrogen-bond donors (Lipinski definition) is 1. The van der Waals surface area contributed by atoms with E-state index in [9.17, 15) is 14.4 Å². The molecule has 6 rings (SSSR count). The molecule has 240 valence electrons. The highest BCUT2D eigenvalue weighted by Crippen LogP contribution is 2.31. The fourth-order valence-electron chi connectivity index (χ4n) is 7.16. The maximum Gasteiger partial charge on any atom is 0.259 e. The first-order chi connectivity index (χ1) is 21.8. The summed E-state index contributed by atoms with van der Waals surface area (Å²) in [6.07, 6.45) is 7.47. The van der Waals surface area contributed by atoms with Gasteiger partial charge in [-0.2, -0.15) is 0 Å². The lowest BCUT2D eigenvalue weighted by Gasteiger charge is -2.38. The predicted molar refractivity (Wildman–Crippen MR) is 173 cm³/mol. The van der Waals surface area contributed by atoms with Gasteiger partial charge in [0.15, 0.2) is 0 Å². The molecule has 3 fully saturated rings. The molecule has 4 atom stereocenters. The molecule has 1 N–H and O–H groups in total. The van der Waals surface area contributed by atoms with E-state index in [2.05, 4.69) is 24.1 Å². The molecule has 0 radical (unpaired) electrons. The fraction of sp³-hybridized carbons (Fsp3) is 0.514. The Bertz CT molecular complexity index is 1510. The first-order valence-electron chi connectivity index (χ1n) is 16.1. The highest BCUT2D eigenvalue weighted by atomic mass is 35.5. The molecule has 2 amide bonds. The van der Waals surface area contributed by atoms with Crippen LogP contribution in [-0.4, -0.2) is 84.5 Å². The SMILES string of the molecule is C[C@@H]1CN([C@H]2C[C@@H](CO[C@H]3CC[C@H](C=O)CC3)N(C(=O)Cc3ccc(NC(=O)c4coc5ccccc45)c(Cl)c3)C2)C[C@H](C)O1. The number of hydrogen-bond acceptors (Lipinski definition) is 7. The number of nitrogens with one attached hydrogen (secondary N) is 1. The summed E-state index contributed by atoms with van der Waals surface area (Å²) < 4.78 is 17.9. The average Bonchev–Trinajstić information content (AvgIpc) is 3.66. The quantitative estimate of drug-likeness (QED) is 0.300. The second kappa shape index (κ2) is 14.0. The number of morpholine rings is 1. The van der Waals surface area contributed by atoms with Crippen LogP contribution in [0.3, 0.4) is 0 Å². The Kier molecular flexibility index (Phi) is 9.90. The van der Waals surface area contributed by atoms with Gasteiger partial charge in [-0.05, 0) is 69.7 Å². The molecule has 1 saturated carbocycles. The lowest BCUT2D eigenvalue weighted by Crippen LogP contribution is -2.51. The van der Waals surface area contributed by atoms with Crippen molar-refractivity contribution >= 4 is 46.4 Å². The van der Waals surface area contributed by atoms with Gasteiger partial charge in [-0.25, -0.2) is 0 Å². The van der Waals surface area contributed by atoms with Gasteiger partial charge in [-0.15, -0.1) is 0 Å². The van der Waals surface area contributed by atoms with Gasteiger partial charge in [0, 0.05) is 37.0 Å². The average molecular weight is 636 g/mol. The maximum absolute atomic E-state index is 13.8. The Morgan fingerprint density at radius 1 is 1.04 bits per heavy atom. The molecule has 3 aromatic rings. The summed E-state index contributed by atoms with van der Waals surface area (Å²) in [4.78, 5) is 42.5. The van der Waals surface area contributed by atoms with Crippen molar-refractivity contribution in [3.8, 4) is 0 Å². The van der Waals surface area contributed by atoms with Crippen molar-refractivity contribution in [1.82, 2.24) is 9.80 Å². The number of amides is 2. The molecule has 0 bridgehead atoms. The zero-order chi connectivity index (χ0) is 31.5. The summed E-state index contributed by atoms with van der Waals surface area (Å²) in [5, 5.41) is 3.96. The Morgan fingerprint density at radius 2 is 1.80 bits per heavy atom. The highest BCUT2D eigenvalue weighted by molar-refractivity contribution is 6.34. The van der Waals surface area contributed by atoms with E-state index in [1.54, 1.807) is 12.1 Å². The molecule has 3 aliphatic rings. The van der Waals surface area contributed by atoms with Crippen LogP contribution in [0.1, 0.15) is 61.9 Å². The monoisotopic (exact) mass is 635 g/mol. The molecule has 9 nitrogen and oxygen atoms in total. The number of ether oxygens (including phenoxy) is 2. The first-order valence-corrected chi connectivity index (χ1v) is 16.5. The standard InChI is InChI=1S/C35H42ClN3O6/c1-22-16-38(17-23(2)45-22)26-15-27(20-43-28-10-7-24(19-40)8-11-28)39(18-26)34(41)14-25-9-12-32(31(36)13-25)37-35(42)30-21-44-33-6-4-3-5-29(30)33/h3-6,9,12-13,19,21-24,26-28H,7-8,10-11,14-18,20H2,1-2H3,(H,37,42)/t22-,23+,24-,26-,27-,28-/m0/s1. The number of nitrogens with zero attached hydrogens (tertiary/aromatic N) is 2. The second-order valence-electron chi connectivity index (χ2n) is 12.9. The molecule has 3 heterocycles. The number of halogens is 1. The molecule has 1 aliphatic carbocycles. The summed E-state index contributed by atoms with van der Waals surface area (Å²) in [6, 6.07) is 12.9. The number of furan rings is 1. The van der Waals surface area contributed by atoms with Gasteiger partial charge in [-0.1, -0.05) is 35.9 Å². The minimum Gasteiger partial charge on any atom is -0.463 e. The number of para-hydroxylation sites is 1. The Labute approximate surface area is 269 Å². The van der Waals surface area contributed by atoms with E-state index >= 15 is 0 Å². The van der Waals surface area contributed by atoms with Crippen LogP contribution in [0.5, 0.6) is 0 Å². The van der Waals surface area contributed by atoms with Gasteiger partial charge >= 0.3 is 0 Å². The van der Waals surface area contributed by atoms with Crippen LogP contribution < -0.4 is 5.32 Å². The van der Waals surface area contributed by atoms with Gasteiger partial charge in [0.2, 0.25) is 5.91 Å². The zero-order valence-corrected chi connectivity index (χ0v) is 26.7. The number of carbonyl (C=O) groups excluding carboxylic acids is 3. The van der Waals surface area contributed by atoms with Crippen LogP contribution >= 0.6 is 11.6 Å². The molecule has 2 saturated heterocycles. The Hall–Kier alpha value is -3.24. The molecule has 10 heteroatoms. The van der Waals surface area contributed by atoms with Crippen molar-refractivity contribution in [2.75, 3.05) is 31.6 Å². The lowest BCUT2D eigenvalue weighted by atomic mass is 9.88. The van der Waals surface area contributed by atoms with Gasteiger partial charge in [-0.3, -0.25) is 14.5 Å². The van der Waals surface area contributed by atoms with Crippen LogP contribution in [-0.2, 0) is 25.5 Å². The topological polar surface area (TPSA) is 101 Å². The van der Waals surface area contributed by atoms with Crippen molar-refractivity contribution in [2.45, 2.75) is 82.8 Å². The summed E-state index contributed by atoms with van der Waals surface area (Å²) >= 11 is 6.61. The molecule has 0 unspecified atom stereocenters. The number of likely N-dealkylation sites (tertiary alicyclic amines) is 1. The summed E-state index contributed by atoms with van der Waals surface area (Å²) in [5.41, 5.74) is 2.31. The maximum atomic E-state index is 13.8. The third kappa shape index (κ3) is 7.43. The third-order valence-corrected chi connectivity index (χ3v) is 9.79. The number of carbonyl (C=O) groups is 3. The lowest BCUT2D eigenvalue weighted by molar-refractivity contribution is -0.133. The van der Waals surface area contributed by atoms with Crippen LogP contribution in [0.15, 0.2) is 53.1 Å². The smallest absolute Gasteiger partial charge is 0.259 e. The fourth-order valence-corrected chi connectivity index (χ4v) is 7.41. The van der Waals surface area contributed by atoms with Crippen LogP contribution in [0.4, 0.5) is 5.69 Å². The van der Waals surface area contributed by atoms with Gasteiger partial charge < -0.3 is 28.9 Å². The van der Waals surface area contributed by atoms with Gasteiger partial charge in [0.25, 0.3) is 5.91 Å². The van der Waals surface area contributed by atoms with Crippen molar-refractivity contribution in [2.24, 2.45) is 5.92 Å². The third-order valence-electron chi connectivity index (χ3n) is 9.48.